The summed E-state index contributed by atoms with van der Waals surface area (Å²) in [5.41, 5.74) is 7.99. The maximum atomic E-state index is 9.65. The first-order chi connectivity index (χ1) is 4.72. The smallest absolute Gasteiger partial charge is 0.308 e. The van der Waals surface area contributed by atoms with Crippen LogP contribution in [0.5, 0.6) is 0 Å². The summed E-state index contributed by atoms with van der Waals surface area (Å²) in [5.74, 6) is 0.0635. The van der Waals surface area contributed by atoms with Crippen molar-refractivity contribution in [1.29, 1.82) is 0 Å². The van der Waals surface area contributed by atoms with Crippen LogP contribution in [-0.4, -0.2) is 6.04 Å². The van der Waals surface area contributed by atoms with E-state index < -0.39 is 6.04 Å². The van der Waals surface area contributed by atoms with Crippen molar-refractivity contribution in [2.45, 2.75) is 19.9 Å². The van der Waals surface area contributed by atoms with E-state index in [0.29, 0.717) is 0 Å². The molecule has 5 nitrogen and oxygen atoms in total. The van der Waals surface area contributed by atoms with Gasteiger partial charge in [-0.15, -0.1) is 0 Å². The van der Waals surface area contributed by atoms with Crippen LogP contribution in [-0.2, 0) is 0 Å². The van der Waals surface area contributed by atoms with Gasteiger partial charge in [-0.2, -0.15) is 0 Å². The molecule has 0 N–H and O–H groups in total. The number of hydrogen-bond donors (Lipinski definition) is 0. The highest BCUT2D eigenvalue weighted by Crippen LogP contribution is 2.04. The molecule has 0 aromatic carbocycles. The fourth-order valence-corrected chi connectivity index (χ4v) is 0.418. The molecule has 0 aliphatic carbocycles. The fraction of sp³-hybridized carbons (Fsp3) is 0.800. The first kappa shape index (κ1) is 8.60. The summed E-state index contributed by atoms with van der Waals surface area (Å²) < 4.78 is 0. The van der Waals surface area contributed by atoms with Gasteiger partial charge >= 0.3 is 6.07 Å². The summed E-state index contributed by atoms with van der Waals surface area (Å²) in [5, 5.41) is 15.4. The van der Waals surface area contributed by atoms with Crippen molar-refractivity contribution in [2.75, 3.05) is 0 Å². The minimum atomic E-state index is -0.539. The third-order valence-corrected chi connectivity index (χ3v) is 0.992. The number of hydrogen-bond acceptors (Lipinski definition) is 2. The Morgan fingerprint density at radius 2 is 2.20 bits per heavy atom. The Morgan fingerprint density at radius 1 is 1.60 bits per heavy atom. The summed E-state index contributed by atoms with van der Waals surface area (Å²) in [6.07, 6.45) is 0. The van der Waals surface area contributed by atoms with Gasteiger partial charge in [-0.25, -0.2) is 0 Å². The molecule has 0 bridgehead atoms. The molecule has 54 valence electrons. The van der Waals surface area contributed by atoms with Gasteiger partial charge in [-0.3, -0.25) is 0 Å². The second-order valence-electron chi connectivity index (χ2n) is 2.11. The second-order valence-corrected chi connectivity index (χ2v) is 2.11. The zero-order valence-electron chi connectivity index (χ0n) is 5.85. The third-order valence-electron chi connectivity index (χ3n) is 0.992. The topological polar surface area (TPSA) is 76.2 Å². The first-order valence-electron chi connectivity index (χ1n) is 2.84. The van der Waals surface area contributed by atoms with Crippen LogP contribution < -0.4 is 0 Å². The van der Waals surface area contributed by atoms with Crippen LogP contribution in [0.25, 0.3) is 15.5 Å². The van der Waals surface area contributed by atoms with Gasteiger partial charge in [0.25, 0.3) is 0 Å². The molecule has 0 aliphatic rings. The largest absolute Gasteiger partial charge is 0.498 e. The SMILES string of the molecule is CC(C)C(C#[N+][O-])N=[N+]=[N-]. The molecule has 1 unspecified atom stereocenters. The molecular weight excluding hydrogens is 132 g/mol. The summed E-state index contributed by atoms with van der Waals surface area (Å²) in [4.78, 5) is 2.54. The van der Waals surface area contributed by atoms with E-state index in [0.717, 1.165) is 0 Å². The van der Waals surface area contributed by atoms with Crippen molar-refractivity contribution in [3.8, 4) is 6.07 Å². The van der Waals surface area contributed by atoms with E-state index in [1.54, 1.807) is 0 Å². The average molecular weight is 140 g/mol. The van der Waals surface area contributed by atoms with Crippen molar-refractivity contribution < 1.29 is 0 Å². The predicted octanol–water partition coefficient (Wildman–Crippen LogP) is 2.15. The van der Waals surface area contributed by atoms with E-state index in [1.807, 2.05) is 13.8 Å². The van der Waals surface area contributed by atoms with Gasteiger partial charge < -0.3 is 5.21 Å². The van der Waals surface area contributed by atoms with Crippen molar-refractivity contribution >= 4 is 0 Å². The highest BCUT2D eigenvalue weighted by atomic mass is 16.4. The van der Waals surface area contributed by atoms with Gasteiger partial charge in [0.1, 0.15) is 0 Å². The van der Waals surface area contributed by atoms with E-state index in [9.17, 15) is 5.21 Å². The van der Waals surface area contributed by atoms with Crippen LogP contribution >= 0.6 is 0 Å². The van der Waals surface area contributed by atoms with E-state index >= 15 is 0 Å². The van der Waals surface area contributed by atoms with Gasteiger partial charge in [0.05, 0.1) is 0 Å². The van der Waals surface area contributed by atoms with Crippen molar-refractivity contribution in [3.63, 3.8) is 0 Å². The monoisotopic (exact) mass is 140 g/mol. The highest BCUT2D eigenvalue weighted by molar-refractivity contribution is 5.01. The standard InChI is InChI=1S/C5H8N4O/c1-4(2)5(3-7-10)8-9-6/h4-5H,1-2H3. The number of nitrogens with zero attached hydrogens (tertiary/aromatic N) is 4. The molecule has 0 rings (SSSR count). The van der Waals surface area contributed by atoms with Crippen LogP contribution in [0.3, 0.4) is 0 Å². The summed E-state index contributed by atoms with van der Waals surface area (Å²) in [6, 6.07) is 1.59. The molecule has 0 saturated heterocycles. The molecular formula is C5H8N4O. The molecule has 1 atom stereocenters. The number of azide groups is 1. The maximum absolute atomic E-state index is 9.65. The predicted molar refractivity (Wildman–Crippen MR) is 38.4 cm³/mol. The minimum Gasteiger partial charge on any atom is -0.498 e. The van der Waals surface area contributed by atoms with Crippen molar-refractivity contribution in [2.24, 2.45) is 11.0 Å². The Labute approximate surface area is 58.7 Å². The molecule has 0 saturated carbocycles. The lowest BCUT2D eigenvalue weighted by Gasteiger charge is -1.99. The van der Waals surface area contributed by atoms with E-state index in [1.165, 1.54) is 0 Å². The molecule has 0 aromatic rings. The van der Waals surface area contributed by atoms with Gasteiger partial charge in [0, 0.05) is 9.92 Å². The van der Waals surface area contributed by atoms with E-state index in [-0.39, 0.29) is 5.92 Å². The average Bonchev–Trinajstić information content (AvgIpc) is 1.87. The Bertz CT molecular complexity index is 195. The van der Waals surface area contributed by atoms with Crippen LogP contribution in [0.15, 0.2) is 5.11 Å². The summed E-state index contributed by atoms with van der Waals surface area (Å²) >= 11 is 0. The molecule has 0 aliphatic heterocycles. The van der Waals surface area contributed by atoms with Crippen LogP contribution in [0, 0.1) is 17.2 Å². The molecule has 0 amide bonds. The fourth-order valence-electron chi connectivity index (χ4n) is 0.418. The maximum Gasteiger partial charge on any atom is 0.308 e. The molecule has 0 heterocycles. The second kappa shape index (κ2) is 4.48. The first-order valence-corrected chi connectivity index (χ1v) is 2.84. The molecule has 0 spiro atoms. The van der Waals surface area contributed by atoms with Gasteiger partial charge in [-0.1, -0.05) is 19.0 Å². The molecule has 0 fully saturated rings. The lowest BCUT2D eigenvalue weighted by atomic mass is 10.1. The van der Waals surface area contributed by atoms with Crippen LogP contribution in [0.2, 0.25) is 0 Å². The summed E-state index contributed by atoms with van der Waals surface area (Å²) in [7, 11) is 0. The normalized spacial score (nSPS) is 11.1. The Kier molecular flexibility index (Phi) is 3.85. The van der Waals surface area contributed by atoms with Gasteiger partial charge in [0.15, 0.2) is 6.04 Å². The minimum absolute atomic E-state index is 0.0635. The third kappa shape index (κ3) is 2.80. The Hall–Kier alpha value is -1.40. The van der Waals surface area contributed by atoms with Crippen molar-refractivity contribution in [3.05, 3.63) is 20.7 Å². The van der Waals surface area contributed by atoms with Gasteiger partial charge in [-0.05, 0) is 11.4 Å². The quantitative estimate of drug-likeness (QED) is 0.250. The number of rotatable bonds is 2. The van der Waals surface area contributed by atoms with Gasteiger partial charge in [0.2, 0.25) is 0 Å². The molecule has 10 heavy (non-hydrogen) atoms. The zero-order chi connectivity index (χ0) is 7.98. The van der Waals surface area contributed by atoms with Crippen LogP contribution in [0.4, 0.5) is 0 Å². The van der Waals surface area contributed by atoms with Crippen LogP contribution in [0.1, 0.15) is 13.8 Å². The lowest BCUT2D eigenvalue weighted by Crippen LogP contribution is -2.07. The zero-order valence-corrected chi connectivity index (χ0v) is 5.85. The Balaban J connectivity index is 4.21. The van der Waals surface area contributed by atoms with Crippen molar-refractivity contribution in [1.82, 2.24) is 0 Å². The summed E-state index contributed by atoms with van der Waals surface area (Å²) in [6.45, 7) is 3.63. The highest BCUT2D eigenvalue weighted by Gasteiger charge is 2.13. The molecule has 0 radical (unpaired) electrons. The van der Waals surface area contributed by atoms with E-state index in [2.05, 4.69) is 21.1 Å². The molecule has 0 aromatic heterocycles. The Morgan fingerprint density at radius 3 is 2.50 bits per heavy atom. The van der Waals surface area contributed by atoms with E-state index in [4.69, 9.17) is 5.53 Å². The molecule has 5 heteroatoms. The lowest BCUT2D eigenvalue weighted by molar-refractivity contribution is 0.581.